The lowest BCUT2D eigenvalue weighted by Crippen LogP contribution is -2.02. The summed E-state index contributed by atoms with van der Waals surface area (Å²) in [6, 6.07) is 26.1. The van der Waals surface area contributed by atoms with Gasteiger partial charge in [-0.1, -0.05) is 66.2 Å². The minimum Gasteiger partial charge on any atom is -0.487 e. The Bertz CT molecular complexity index is 994. The third-order valence-corrected chi connectivity index (χ3v) is 4.70. The Labute approximate surface area is 163 Å². The van der Waals surface area contributed by atoms with E-state index < -0.39 is 0 Å². The zero-order chi connectivity index (χ0) is 18.5. The smallest absolute Gasteiger partial charge is 0.191 e. The molecule has 0 saturated carbocycles. The van der Waals surface area contributed by atoms with Gasteiger partial charge in [-0.05, 0) is 29.3 Å². The first-order valence-corrected chi connectivity index (χ1v) is 9.31. The largest absolute Gasteiger partial charge is 0.487 e. The van der Waals surface area contributed by atoms with E-state index in [-0.39, 0.29) is 0 Å². The van der Waals surface area contributed by atoms with Crippen LogP contribution in [0.4, 0.5) is 0 Å². The van der Waals surface area contributed by atoms with Gasteiger partial charge in [-0.25, -0.2) is 0 Å². The van der Waals surface area contributed by atoms with Gasteiger partial charge in [0.2, 0.25) is 0 Å². The van der Waals surface area contributed by atoms with Crippen molar-refractivity contribution in [2.45, 2.75) is 13.0 Å². The molecule has 0 saturated heterocycles. The Morgan fingerprint density at radius 2 is 1.59 bits per heavy atom. The van der Waals surface area contributed by atoms with Crippen LogP contribution < -0.4 is 9.47 Å². The van der Waals surface area contributed by atoms with Crippen molar-refractivity contribution in [3.05, 3.63) is 95.0 Å². The van der Waals surface area contributed by atoms with Crippen LogP contribution in [0.2, 0.25) is 5.02 Å². The zero-order valence-electron chi connectivity index (χ0n) is 14.8. The lowest BCUT2D eigenvalue weighted by Gasteiger charge is -2.10. The Morgan fingerprint density at radius 3 is 2.44 bits per heavy atom. The quantitative estimate of drug-likeness (QED) is 0.427. The highest BCUT2D eigenvalue weighted by atomic mass is 35.5. The van der Waals surface area contributed by atoms with Crippen molar-refractivity contribution in [2.24, 2.45) is 0 Å². The number of hydrogen-bond acceptors (Lipinski definition) is 2. The Balaban J connectivity index is 1.36. The second-order valence-electron chi connectivity index (χ2n) is 6.36. The normalized spacial score (nSPS) is 10.9. The van der Waals surface area contributed by atoms with Gasteiger partial charge in [-0.15, -0.1) is 0 Å². The Hall–Kier alpha value is -2.91. The summed E-state index contributed by atoms with van der Waals surface area (Å²) < 4.78 is 11.8. The van der Waals surface area contributed by atoms with Gasteiger partial charge in [0.25, 0.3) is 0 Å². The van der Waals surface area contributed by atoms with Gasteiger partial charge in [0, 0.05) is 23.4 Å². The van der Waals surface area contributed by atoms with E-state index in [1.54, 1.807) is 0 Å². The van der Waals surface area contributed by atoms with Crippen LogP contribution in [-0.4, -0.2) is 11.6 Å². The number of fused-ring (bicyclic) bond motifs is 1. The average molecular weight is 378 g/mol. The van der Waals surface area contributed by atoms with Crippen molar-refractivity contribution < 1.29 is 9.47 Å². The molecule has 1 N–H and O–H groups in total. The molecule has 0 fully saturated rings. The molecule has 3 nitrogen and oxygen atoms in total. The van der Waals surface area contributed by atoms with Crippen molar-refractivity contribution in [1.29, 1.82) is 0 Å². The summed E-state index contributed by atoms with van der Waals surface area (Å²) in [6.45, 7) is 1.07. The maximum absolute atomic E-state index is 6.28. The number of nitrogens with one attached hydrogen (secondary N) is 1. The molecule has 3 aromatic carbocycles. The number of halogens is 1. The Morgan fingerprint density at radius 1 is 0.778 bits per heavy atom. The molecule has 0 aliphatic carbocycles. The fraction of sp³-hybridized carbons (Fsp3) is 0.130. The van der Waals surface area contributed by atoms with Gasteiger partial charge in [-0.2, -0.15) is 0 Å². The molecule has 0 aliphatic rings. The van der Waals surface area contributed by atoms with Gasteiger partial charge < -0.3 is 14.5 Å². The first-order chi connectivity index (χ1) is 13.3. The summed E-state index contributed by atoms with van der Waals surface area (Å²) in [7, 11) is 0. The van der Waals surface area contributed by atoms with E-state index >= 15 is 0 Å². The molecule has 0 bridgehead atoms. The van der Waals surface area contributed by atoms with E-state index in [2.05, 4.69) is 11.1 Å². The number of aromatic nitrogens is 1. The van der Waals surface area contributed by atoms with Gasteiger partial charge in [-0.3, -0.25) is 0 Å². The highest BCUT2D eigenvalue weighted by molar-refractivity contribution is 6.32. The maximum atomic E-state index is 6.28. The summed E-state index contributed by atoms with van der Waals surface area (Å²) in [5.74, 6) is 1.48. The SMILES string of the molecule is Clc1ccc(CCOc2cc3ccccc3[nH]2)cc1OCc1ccccc1. The van der Waals surface area contributed by atoms with E-state index in [4.69, 9.17) is 21.1 Å². The van der Waals surface area contributed by atoms with Crippen molar-refractivity contribution in [3.8, 4) is 11.6 Å². The predicted octanol–water partition coefficient (Wildman–Crippen LogP) is 6.02. The summed E-state index contributed by atoms with van der Waals surface area (Å²) in [5.41, 5.74) is 3.32. The van der Waals surface area contributed by atoms with Gasteiger partial charge in [0.1, 0.15) is 12.4 Å². The average Bonchev–Trinajstić information content (AvgIpc) is 3.12. The monoisotopic (exact) mass is 377 g/mol. The fourth-order valence-corrected chi connectivity index (χ4v) is 3.12. The number of ether oxygens (including phenoxy) is 2. The molecule has 0 amide bonds. The minimum absolute atomic E-state index is 0.496. The molecule has 1 aromatic heterocycles. The van der Waals surface area contributed by atoms with Crippen LogP contribution in [0.1, 0.15) is 11.1 Å². The molecule has 4 aromatic rings. The molecular formula is C23H20ClNO2. The van der Waals surface area contributed by atoms with Crippen LogP contribution in [0.15, 0.2) is 78.9 Å². The van der Waals surface area contributed by atoms with Crippen molar-refractivity contribution in [1.82, 2.24) is 4.98 Å². The van der Waals surface area contributed by atoms with Crippen LogP contribution >= 0.6 is 11.6 Å². The topological polar surface area (TPSA) is 34.2 Å². The maximum Gasteiger partial charge on any atom is 0.191 e. The van der Waals surface area contributed by atoms with E-state index in [1.807, 2.05) is 72.8 Å². The molecule has 1 heterocycles. The third-order valence-electron chi connectivity index (χ3n) is 4.39. The molecule has 4 heteroatoms. The summed E-state index contributed by atoms with van der Waals surface area (Å²) in [6.07, 6.45) is 0.772. The lowest BCUT2D eigenvalue weighted by molar-refractivity contribution is 0.303. The number of aromatic amines is 1. The summed E-state index contributed by atoms with van der Waals surface area (Å²) in [4.78, 5) is 3.27. The van der Waals surface area contributed by atoms with Crippen LogP contribution in [0.3, 0.4) is 0 Å². The first kappa shape index (κ1) is 17.5. The fourth-order valence-electron chi connectivity index (χ4n) is 2.95. The van der Waals surface area contributed by atoms with E-state index in [0.717, 1.165) is 34.3 Å². The standard InChI is InChI=1S/C23H20ClNO2/c24-20-11-10-17(14-22(20)27-16-18-6-2-1-3-7-18)12-13-26-23-15-19-8-4-5-9-21(19)25-23/h1-11,14-15,25H,12-13,16H2. The highest BCUT2D eigenvalue weighted by Crippen LogP contribution is 2.27. The van der Waals surface area contributed by atoms with Gasteiger partial charge in [0.15, 0.2) is 5.88 Å². The second-order valence-corrected chi connectivity index (χ2v) is 6.77. The van der Waals surface area contributed by atoms with Gasteiger partial charge >= 0.3 is 0 Å². The number of para-hydroxylation sites is 1. The van der Waals surface area contributed by atoms with Crippen molar-refractivity contribution in [2.75, 3.05) is 6.61 Å². The molecule has 136 valence electrons. The molecule has 0 spiro atoms. The first-order valence-electron chi connectivity index (χ1n) is 8.94. The number of benzene rings is 3. The number of hydrogen-bond donors (Lipinski definition) is 1. The molecule has 0 aliphatic heterocycles. The van der Waals surface area contributed by atoms with Gasteiger partial charge in [0.05, 0.1) is 11.6 Å². The molecule has 0 radical (unpaired) electrons. The van der Waals surface area contributed by atoms with E-state index in [0.29, 0.717) is 24.0 Å². The zero-order valence-corrected chi connectivity index (χ0v) is 15.6. The van der Waals surface area contributed by atoms with Crippen LogP contribution in [-0.2, 0) is 13.0 Å². The second kappa shape index (κ2) is 8.19. The van der Waals surface area contributed by atoms with Crippen LogP contribution in [0.25, 0.3) is 10.9 Å². The molecule has 0 atom stereocenters. The van der Waals surface area contributed by atoms with Crippen LogP contribution in [0.5, 0.6) is 11.6 Å². The predicted molar refractivity (Wildman–Crippen MR) is 110 cm³/mol. The lowest BCUT2D eigenvalue weighted by atomic mass is 10.1. The minimum atomic E-state index is 0.496. The Kier molecular flexibility index (Phi) is 5.31. The van der Waals surface area contributed by atoms with Crippen LogP contribution in [0, 0.1) is 0 Å². The third kappa shape index (κ3) is 4.44. The summed E-state index contributed by atoms with van der Waals surface area (Å²) >= 11 is 6.28. The summed E-state index contributed by atoms with van der Waals surface area (Å²) in [5, 5.41) is 1.77. The van der Waals surface area contributed by atoms with Crippen molar-refractivity contribution in [3.63, 3.8) is 0 Å². The van der Waals surface area contributed by atoms with E-state index in [9.17, 15) is 0 Å². The molecule has 4 rings (SSSR count). The highest BCUT2D eigenvalue weighted by Gasteiger charge is 2.06. The molecular weight excluding hydrogens is 358 g/mol. The van der Waals surface area contributed by atoms with Crippen molar-refractivity contribution >= 4 is 22.5 Å². The number of rotatable bonds is 7. The molecule has 0 unspecified atom stereocenters. The molecule has 27 heavy (non-hydrogen) atoms. The van der Waals surface area contributed by atoms with E-state index in [1.165, 1.54) is 0 Å². The number of H-pyrrole nitrogens is 1.